The van der Waals surface area contributed by atoms with Gasteiger partial charge in [-0.05, 0) is 42.8 Å². The lowest BCUT2D eigenvalue weighted by molar-refractivity contribution is 0.103. The number of carbonyl (C=O) groups excluding carboxylic acids is 1. The average Bonchev–Trinajstić information content (AvgIpc) is 2.78. The summed E-state index contributed by atoms with van der Waals surface area (Å²) in [5.41, 5.74) is 1.62. The first-order valence-corrected chi connectivity index (χ1v) is 10.7. The number of unbranched alkanes of at least 4 members (excludes halogenated alkanes) is 7. The van der Waals surface area contributed by atoms with E-state index in [1.54, 1.807) is 42.5 Å². The number of benzene rings is 2. The highest BCUT2D eigenvalue weighted by molar-refractivity contribution is 6.09. The molecule has 0 aliphatic rings. The quantitative estimate of drug-likeness (QED) is 0.287. The van der Waals surface area contributed by atoms with Crippen LogP contribution < -0.4 is 4.74 Å². The lowest BCUT2D eigenvalue weighted by Gasteiger charge is -2.07. The number of hydrogen-bond acceptors (Lipinski definition) is 4. The topological polar surface area (TPSA) is 73.9 Å². The average molecular weight is 405 g/mol. The van der Waals surface area contributed by atoms with Crippen molar-refractivity contribution in [1.29, 1.82) is 10.5 Å². The van der Waals surface area contributed by atoms with E-state index in [0.29, 0.717) is 23.3 Å². The minimum absolute atomic E-state index is 0.0817. The van der Waals surface area contributed by atoms with Gasteiger partial charge in [-0.2, -0.15) is 10.5 Å². The number of nitriles is 2. The maximum Gasteiger partial charge on any atom is 0.193 e. The van der Waals surface area contributed by atoms with Crippen LogP contribution in [0.15, 0.2) is 48.5 Å². The van der Waals surface area contributed by atoms with Crippen LogP contribution in [-0.4, -0.2) is 12.4 Å². The third kappa shape index (κ3) is 9.89. The van der Waals surface area contributed by atoms with E-state index >= 15 is 0 Å². The lowest BCUT2D eigenvalue weighted by Crippen LogP contribution is -2.02. The molecule has 0 aliphatic carbocycles. The van der Waals surface area contributed by atoms with Crippen molar-refractivity contribution in [2.75, 3.05) is 6.61 Å². The standard InChI is InChI=1S/C24H29NO2.C2H3N/c1-2-3-4-5-6-7-8-9-17-27-23-15-13-21(14-16-23)24(26)22-12-10-11-20(18-22)19-25;1-2-3/h10-16,18H,2-9,17H2,1H3;1H3. The van der Waals surface area contributed by atoms with Crippen molar-refractivity contribution in [3.8, 4) is 17.9 Å². The van der Waals surface area contributed by atoms with Gasteiger partial charge >= 0.3 is 0 Å². The van der Waals surface area contributed by atoms with Gasteiger partial charge in [0.2, 0.25) is 0 Å². The Kier molecular flexibility index (Phi) is 13.1. The summed E-state index contributed by atoms with van der Waals surface area (Å²) in [4.78, 5) is 12.5. The van der Waals surface area contributed by atoms with Gasteiger partial charge < -0.3 is 4.74 Å². The third-order valence-electron chi connectivity index (χ3n) is 4.64. The Morgan fingerprint density at radius 2 is 1.47 bits per heavy atom. The van der Waals surface area contributed by atoms with Crippen molar-refractivity contribution in [1.82, 2.24) is 0 Å². The Hall–Kier alpha value is -3.11. The van der Waals surface area contributed by atoms with Crippen LogP contribution in [0.5, 0.6) is 5.75 Å². The SMILES string of the molecule is CC#N.CCCCCCCCCCOc1ccc(C(=O)c2cccc(C#N)c2)cc1. The molecule has 0 aromatic heterocycles. The third-order valence-corrected chi connectivity index (χ3v) is 4.64. The Morgan fingerprint density at radius 3 is 2.07 bits per heavy atom. The Labute approximate surface area is 181 Å². The molecule has 0 saturated heterocycles. The molecule has 0 atom stereocenters. The minimum Gasteiger partial charge on any atom is -0.494 e. The van der Waals surface area contributed by atoms with Crippen molar-refractivity contribution in [2.24, 2.45) is 0 Å². The van der Waals surface area contributed by atoms with E-state index in [0.717, 1.165) is 12.2 Å². The molecule has 2 rings (SSSR count). The van der Waals surface area contributed by atoms with E-state index in [-0.39, 0.29) is 5.78 Å². The summed E-state index contributed by atoms with van der Waals surface area (Å²) in [5.74, 6) is 0.710. The van der Waals surface area contributed by atoms with E-state index < -0.39 is 0 Å². The minimum atomic E-state index is -0.0817. The molecule has 0 bridgehead atoms. The molecule has 2 aromatic carbocycles. The smallest absolute Gasteiger partial charge is 0.193 e. The molecular weight excluding hydrogens is 372 g/mol. The fourth-order valence-electron chi connectivity index (χ4n) is 3.03. The van der Waals surface area contributed by atoms with E-state index in [9.17, 15) is 4.79 Å². The zero-order chi connectivity index (χ0) is 22.0. The summed E-state index contributed by atoms with van der Waals surface area (Å²) in [6.07, 6.45) is 10.2. The van der Waals surface area contributed by atoms with Gasteiger partial charge in [0, 0.05) is 18.1 Å². The Bertz CT molecular complexity index is 829. The fourth-order valence-corrected chi connectivity index (χ4v) is 3.03. The molecule has 0 saturated carbocycles. The highest BCUT2D eigenvalue weighted by atomic mass is 16.5. The highest BCUT2D eigenvalue weighted by Crippen LogP contribution is 2.17. The van der Waals surface area contributed by atoms with Crippen LogP contribution in [0.1, 0.15) is 86.7 Å². The maximum absolute atomic E-state index is 12.5. The van der Waals surface area contributed by atoms with Crippen molar-refractivity contribution in [3.63, 3.8) is 0 Å². The number of rotatable bonds is 12. The number of hydrogen-bond donors (Lipinski definition) is 0. The van der Waals surface area contributed by atoms with Gasteiger partial charge in [0.05, 0.1) is 24.3 Å². The van der Waals surface area contributed by atoms with Crippen molar-refractivity contribution >= 4 is 5.78 Å². The van der Waals surface area contributed by atoms with Gasteiger partial charge in [0.25, 0.3) is 0 Å². The summed E-state index contributed by atoms with van der Waals surface area (Å²) in [6, 6.07) is 17.8. The first-order valence-electron chi connectivity index (χ1n) is 10.7. The molecule has 4 heteroatoms. The number of carbonyl (C=O) groups is 1. The number of nitrogens with zero attached hydrogens (tertiary/aromatic N) is 2. The molecule has 0 aliphatic heterocycles. The normalized spacial score (nSPS) is 9.60. The zero-order valence-corrected chi connectivity index (χ0v) is 18.2. The Morgan fingerprint density at radius 1 is 0.867 bits per heavy atom. The molecule has 0 spiro atoms. The van der Waals surface area contributed by atoms with Gasteiger partial charge in [-0.3, -0.25) is 4.79 Å². The molecule has 4 nitrogen and oxygen atoms in total. The molecule has 0 N–H and O–H groups in total. The molecule has 2 aromatic rings. The van der Waals surface area contributed by atoms with Gasteiger partial charge in [-0.25, -0.2) is 0 Å². The summed E-state index contributed by atoms with van der Waals surface area (Å²) >= 11 is 0. The zero-order valence-electron chi connectivity index (χ0n) is 18.2. The number of ether oxygens (including phenoxy) is 1. The predicted molar refractivity (Wildman–Crippen MR) is 120 cm³/mol. The second kappa shape index (κ2) is 15.8. The van der Waals surface area contributed by atoms with E-state index in [4.69, 9.17) is 15.3 Å². The van der Waals surface area contributed by atoms with Gasteiger partial charge in [0.15, 0.2) is 5.78 Å². The van der Waals surface area contributed by atoms with Crippen molar-refractivity contribution < 1.29 is 9.53 Å². The largest absolute Gasteiger partial charge is 0.494 e. The van der Waals surface area contributed by atoms with Gasteiger partial charge in [-0.1, -0.05) is 64.0 Å². The molecule has 0 radical (unpaired) electrons. The van der Waals surface area contributed by atoms with Crippen molar-refractivity contribution in [2.45, 2.75) is 65.2 Å². The van der Waals surface area contributed by atoms with Crippen LogP contribution in [0.25, 0.3) is 0 Å². The van der Waals surface area contributed by atoms with Gasteiger partial charge in [0.1, 0.15) is 5.75 Å². The van der Waals surface area contributed by atoms with Crippen LogP contribution in [0, 0.1) is 22.7 Å². The first kappa shape index (κ1) is 24.9. The predicted octanol–water partition coefficient (Wildman–Crippen LogP) is 6.84. The van der Waals surface area contributed by atoms with E-state index in [1.165, 1.54) is 51.9 Å². The van der Waals surface area contributed by atoms with Crippen LogP contribution in [0.3, 0.4) is 0 Å². The number of ketones is 1. The van der Waals surface area contributed by atoms with E-state index in [1.807, 2.05) is 12.1 Å². The van der Waals surface area contributed by atoms with E-state index in [2.05, 4.69) is 13.0 Å². The molecule has 158 valence electrons. The Balaban J connectivity index is 0.00000141. The molecule has 0 heterocycles. The fraction of sp³-hybridized carbons (Fsp3) is 0.423. The van der Waals surface area contributed by atoms with Crippen LogP contribution >= 0.6 is 0 Å². The van der Waals surface area contributed by atoms with Crippen LogP contribution in [0.2, 0.25) is 0 Å². The van der Waals surface area contributed by atoms with Crippen LogP contribution in [0.4, 0.5) is 0 Å². The molecule has 0 unspecified atom stereocenters. The van der Waals surface area contributed by atoms with Gasteiger partial charge in [-0.15, -0.1) is 0 Å². The molecule has 0 fully saturated rings. The summed E-state index contributed by atoms with van der Waals surface area (Å²) in [7, 11) is 0. The van der Waals surface area contributed by atoms with Crippen LogP contribution in [-0.2, 0) is 0 Å². The van der Waals surface area contributed by atoms with Crippen molar-refractivity contribution in [3.05, 3.63) is 65.2 Å². The lowest BCUT2D eigenvalue weighted by atomic mass is 10.0. The monoisotopic (exact) mass is 404 g/mol. The molecular formula is C26H32N2O2. The second-order valence-corrected chi connectivity index (χ2v) is 7.09. The summed E-state index contributed by atoms with van der Waals surface area (Å²) < 4.78 is 5.77. The first-order chi connectivity index (χ1) is 14.7. The second-order valence-electron chi connectivity index (χ2n) is 7.09. The maximum atomic E-state index is 12.5. The molecule has 30 heavy (non-hydrogen) atoms. The summed E-state index contributed by atoms with van der Waals surface area (Å²) in [6.45, 7) is 4.39. The molecule has 0 amide bonds. The summed E-state index contributed by atoms with van der Waals surface area (Å²) in [5, 5.41) is 16.3. The highest BCUT2D eigenvalue weighted by Gasteiger charge is 2.09.